The third-order valence-corrected chi connectivity index (χ3v) is 3.34. The van der Waals surface area contributed by atoms with E-state index in [0.29, 0.717) is 10.2 Å². The van der Waals surface area contributed by atoms with E-state index in [9.17, 15) is 4.79 Å². The molecule has 5 nitrogen and oxygen atoms in total. The lowest BCUT2D eigenvalue weighted by molar-refractivity contribution is 0.102. The Morgan fingerprint density at radius 3 is 2.76 bits per heavy atom. The van der Waals surface area contributed by atoms with Gasteiger partial charge in [0.15, 0.2) is 0 Å². The molecule has 0 atom stereocenters. The zero-order chi connectivity index (χ0) is 12.4. The molecule has 0 fully saturated rings. The van der Waals surface area contributed by atoms with E-state index < -0.39 is 5.91 Å². The van der Waals surface area contributed by atoms with Gasteiger partial charge in [0.05, 0.1) is 15.6 Å². The van der Waals surface area contributed by atoms with Crippen LogP contribution in [0.3, 0.4) is 0 Å². The lowest BCUT2D eigenvalue weighted by atomic mass is 10.2. The van der Waals surface area contributed by atoms with Crippen molar-refractivity contribution in [2.75, 3.05) is 11.1 Å². The predicted octanol–water partition coefficient (Wildman–Crippen LogP) is 2.68. The molecule has 2 aromatic rings. The van der Waals surface area contributed by atoms with Crippen molar-refractivity contribution in [1.82, 2.24) is 10.2 Å². The van der Waals surface area contributed by atoms with Crippen molar-refractivity contribution in [3.8, 4) is 0 Å². The Balaban J connectivity index is 2.23. The number of nitrogen functional groups attached to an aromatic ring is 1. The minimum absolute atomic E-state index is 0.198. The van der Waals surface area contributed by atoms with E-state index in [4.69, 9.17) is 28.9 Å². The predicted molar refractivity (Wildman–Crippen MR) is 68.7 cm³/mol. The molecule has 0 bridgehead atoms. The Bertz CT molecular complexity index is 572. The quantitative estimate of drug-likeness (QED) is 0.890. The largest absolute Gasteiger partial charge is 0.374 e. The van der Waals surface area contributed by atoms with E-state index in [1.165, 1.54) is 0 Å². The summed E-state index contributed by atoms with van der Waals surface area (Å²) in [4.78, 5) is 11.8. The first-order valence-corrected chi connectivity index (χ1v) is 5.99. The van der Waals surface area contributed by atoms with E-state index in [1.807, 2.05) is 0 Å². The molecule has 1 heterocycles. The average molecular weight is 289 g/mol. The molecule has 0 aliphatic rings. The van der Waals surface area contributed by atoms with Crippen LogP contribution in [0.4, 0.5) is 10.3 Å². The third-order valence-electron chi connectivity index (χ3n) is 1.86. The van der Waals surface area contributed by atoms with E-state index in [1.54, 1.807) is 18.2 Å². The molecule has 1 amide bonds. The molecule has 1 aromatic heterocycles. The Hall–Kier alpha value is -1.37. The van der Waals surface area contributed by atoms with Crippen molar-refractivity contribution < 1.29 is 4.79 Å². The number of nitrogens with one attached hydrogen (secondary N) is 1. The van der Waals surface area contributed by atoms with Crippen LogP contribution >= 0.6 is 34.5 Å². The summed E-state index contributed by atoms with van der Waals surface area (Å²) in [6, 6.07) is 4.80. The molecule has 8 heteroatoms. The highest BCUT2D eigenvalue weighted by Gasteiger charge is 2.14. The number of carbonyl (C=O) groups is 1. The molecule has 0 aliphatic heterocycles. The number of halogens is 2. The summed E-state index contributed by atoms with van der Waals surface area (Å²) in [7, 11) is 0. The molecule has 3 N–H and O–H groups in total. The van der Waals surface area contributed by atoms with Gasteiger partial charge in [0, 0.05) is 0 Å². The first-order valence-electron chi connectivity index (χ1n) is 4.42. The molecule has 0 spiro atoms. The van der Waals surface area contributed by atoms with E-state index >= 15 is 0 Å². The Kier molecular flexibility index (Phi) is 3.46. The number of amides is 1. The first kappa shape index (κ1) is 12.1. The van der Waals surface area contributed by atoms with Gasteiger partial charge in [-0.15, -0.1) is 10.2 Å². The van der Waals surface area contributed by atoms with Gasteiger partial charge in [-0.2, -0.15) is 0 Å². The standard InChI is InChI=1S/C9H6Cl2N4OS/c10-5-3-1-2-4(6(5)11)7(16)13-9-15-14-8(12)17-9/h1-3H,(H2,12,14)(H,13,15,16). The van der Waals surface area contributed by atoms with Crippen molar-refractivity contribution in [3.63, 3.8) is 0 Å². The summed E-state index contributed by atoms with van der Waals surface area (Å²) in [6.45, 7) is 0. The van der Waals surface area contributed by atoms with Gasteiger partial charge in [0.2, 0.25) is 10.3 Å². The Morgan fingerprint density at radius 2 is 2.12 bits per heavy atom. The smallest absolute Gasteiger partial charge is 0.259 e. The third kappa shape index (κ3) is 2.66. The van der Waals surface area contributed by atoms with E-state index in [2.05, 4.69) is 15.5 Å². The molecule has 0 radical (unpaired) electrons. The molecule has 88 valence electrons. The molecule has 0 aliphatic carbocycles. The minimum atomic E-state index is -0.409. The van der Waals surface area contributed by atoms with Crippen LogP contribution in [-0.4, -0.2) is 16.1 Å². The maximum atomic E-state index is 11.8. The molecule has 1 aromatic carbocycles. The van der Waals surface area contributed by atoms with Gasteiger partial charge in [-0.3, -0.25) is 10.1 Å². The van der Waals surface area contributed by atoms with Gasteiger partial charge in [0.1, 0.15) is 0 Å². The van der Waals surface area contributed by atoms with Gasteiger partial charge in [-0.1, -0.05) is 40.6 Å². The highest BCUT2D eigenvalue weighted by atomic mass is 35.5. The van der Waals surface area contributed by atoms with Crippen molar-refractivity contribution in [2.24, 2.45) is 0 Å². The second-order valence-electron chi connectivity index (χ2n) is 3.00. The van der Waals surface area contributed by atoms with Gasteiger partial charge in [0.25, 0.3) is 5.91 Å². The minimum Gasteiger partial charge on any atom is -0.374 e. The van der Waals surface area contributed by atoms with E-state index in [-0.39, 0.29) is 15.7 Å². The fraction of sp³-hybridized carbons (Fsp3) is 0. The molecule has 0 saturated carbocycles. The summed E-state index contributed by atoms with van der Waals surface area (Å²) in [5, 5.41) is 10.9. The van der Waals surface area contributed by atoms with Crippen molar-refractivity contribution >= 4 is 50.7 Å². The Morgan fingerprint density at radius 1 is 1.35 bits per heavy atom. The number of aromatic nitrogens is 2. The summed E-state index contributed by atoms with van der Waals surface area (Å²) in [5.41, 5.74) is 5.66. The van der Waals surface area contributed by atoms with Crippen LogP contribution in [-0.2, 0) is 0 Å². The van der Waals surface area contributed by atoms with E-state index in [0.717, 1.165) is 11.3 Å². The van der Waals surface area contributed by atoms with Crippen LogP contribution in [0.1, 0.15) is 10.4 Å². The topological polar surface area (TPSA) is 80.9 Å². The zero-order valence-corrected chi connectivity index (χ0v) is 10.6. The number of anilines is 2. The molecule has 0 unspecified atom stereocenters. The summed E-state index contributed by atoms with van der Waals surface area (Å²) in [6.07, 6.45) is 0. The number of nitrogens with two attached hydrogens (primary N) is 1. The van der Waals surface area contributed by atoms with Crippen LogP contribution in [0.15, 0.2) is 18.2 Å². The molecule has 17 heavy (non-hydrogen) atoms. The number of hydrogen-bond acceptors (Lipinski definition) is 5. The molecule has 0 saturated heterocycles. The molecule has 2 rings (SSSR count). The van der Waals surface area contributed by atoms with Crippen molar-refractivity contribution in [2.45, 2.75) is 0 Å². The number of hydrogen-bond donors (Lipinski definition) is 2. The maximum absolute atomic E-state index is 11.8. The monoisotopic (exact) mass is 288 g/mol. The van der Waals surface area contributed by atoms with Gasteiger partial charge in [-0.05, 0) is 12.1 Å². The number of carbonyl (C=O) groups excluding carboxylic acids is 1. The van der Waals surface area contributed by atoms with Gasteiger partial charge >= 0.3 is 0 Å². The lowest BCUT2D eigenvalue weighted by Crippen LogP contribution is -2.12. The summed E-state index contributed by atoms with van der Waals surface area (Å²) in [5.74, 6) is -0.409. The number of benzene rings is 1. The number of nitrogens with zero attached hydrogens (tertiary/aromatic N) is 2. The van der Waals surface area contributed by atoms with Gasteiger partial charge < -0.3 is 5.73 Å². The summed E-state index contributed by atoms with van der Waals surface area (Å²) < 4.78 is 0. The average Bonchev–Trinajstić information content (AvgIpc) is 2.68. The van der Waals surface area contributed by atoms with Crippen molar-refractivity contribution in [3.05, 3.63) is 33.8 Å². The second-order valence-corrected chi connectivity index (χ2v) is 4.80. The number of rotatable bonds is 2. The molecular weight excluding hydrogens is 283 g/mol. The fourth-order valence-corrected chi connectivity index (χ4v) is 2.02. The zero-order valence-electron chi connectivity index (χ0n) is 8.28. The molecular formula is C9H6Cl2N4OS. The highest BCUT2D eigenvalue weighted by molar-refractivity contribution is 7.19. The van der Waals surface area contributed by atoms with Crippen molar-refractivity contribution in [1.29, 1.82) is 0 Å². The van der Waals surface area contributed by atoms with Crippen LogP contribution in [0.5, 0.6) is 0 Å². The highest BCUT2D eigenvalue weighted by Crippen LogP contribution is 2.26. The van der Waals surface area contributed by atoms with Crippen LogP contribution in [0.2, 0.25) is 10.0 Å². The van der Waals surface area contributed by atoms with Crippen LogP contribution in [0.25, 0.3) is 0 Å². The summed E-state index contributed by atoms with van der Waals surface area (Å²) >= 11 is 12.8. The van der Waals surface area contributed by atoms with Crippen LogP contribution in [0, 0.1) is 0 Å². The first-order chi connectivity index (χ1) is 8.08. The second kappa shape index (κ2) is 4.87. The fourth-order valence-electron chi connectivity index (χ4n) is 1.13. The lowest BCUT2D eigenvalue weighted by Gasteiger charge is -2.04. The normalized spacial score (nSPS) is 10.2. The van der Waals surface area contributed by atoms with Crippen LogP contribution < -0.4 is 11.1 Å². The Labute approximate surface area is 111 Å². The van der Waals surface area contributed by atoms with Gasteiger partial charge in [-0.25, -0.2) is 0 Å². The SMILES string of the molecule is Nc1nnc(NC(=O)c2cccc(Cl)c2Cl)s1. The maximum Gasteiger partial charge on any atom is 0.259 e.